The van der Waals surface area contributed by atoms with Gasteiger partial charge in [0.15, 0.2) is 0 Å². The number of halogens is 1. The molecule has 0 aromatic heterocycles. The zero-order valence-electron chi connectivity index (χ0n) is 8.89. The van der Waals surface area contributed by atoms with Crippen LogP contribution < -0.4 is 0 Å². The smallest absolute Gasteiger partial charge is 0.338 e. The second-order valence-corrected chi connectivity index (χ2v) is 2.72. The van der Waals surface area contributed by atoms with Gasteiger partial charge in [0.05, 0.1) is 5.56 Å². The van der Waals surface area contributed by atoms with Crippen molar-refractivity contribution in [3.8, 4) is 0 Å². The number of hydrogen-bond donors (Lipinski definition) is 1. The lowest BCUT2D eigenvalue weighted by atomic mass is 10.1. The van der Waals surface area contributed by atoms with E-state index in [1.807, 2.05) is 13.8 Å². The summed E-state index contributed by atoms with van der Waals surface area (Å²) in [7, 11) is 0. The Hall–Kier alpha value is -1.38. The highest BCUT2D eigenvalue weighted by Crippen LogP contribution is 2.14. The van der Waals surface area contributed by atoms with Gasteiger partial charge in [-0.3, -0.25) is 0 Å². The van der Waals surface area contributed by atoms with E-state index in [2.05, 4.69) is 0 Å². The van der Waals surface area contributed by atoms with Crippen molar-refractivity contribution in [2.45, 2.75) is 27.7 Å². The fraction of sp³-hybridized carbons (Fsp3) is 0.364. The molecular weight excluding hydrogens is 183 g/mol. The summed E-state index contributed by atoms with van der Waals surface area (Å²) in [5, 5.41) is 8.54. The molecule has 3 heteroatoms. The van der Waals surface area contributed by atoms with Crippen molar-refractivity contribution in [3.05, 3.63) is 34.6 Å². The first-order valence-corrected chi connectivity index (χ1v) is 4.52. The number of carbonyl (C=O) groups is 1. The van der Waals surface area contributed by atoms with Gasteiger partial charge in [0.1, 0.15) is 5.82 Å². The Morgan fingerprint density at radius 2 is 1.64 bits per heavy atom. The van der Waals surface area contributed by atoms with E-state index in [0.717, 1.165) is 11.1 Å². The van der Waals surface area contributed by atoms with Gasteiger partial charge < -0.3 is 5.11 Å². The molecule has 0 spiro atoms. The molecule has 1 aromatic carbocycles. The third-order valence-corrected chi connectivity index (χ3v) is 1.81. The van der Waals surface area contributed by atoms with Crippen molar-refractivity contribution < 1.29 is 14.3 Å². The highest BCUT2D eigenvalue weighted by molar-refractivity contribution is 5.88. The van der Waals surface area contributed by atoms with Crippen LogP contribution >= 0.6 is 0 Å². The molecule has 1 rings (SSSR count). The van der Waals surface area contributed by atoms with E-state index >= 15 is 0 Å². The van der Waals surface area contributed by atoms with Crippen molar-refractivity contribution >= 4 is 5.97 Å². The Morgan fingerprint density at radius 3 is 2.07 bits per heavy atom. The van der Waals surface area contributed by atoms with Crippen molar-refractivity contribution in [2.24, 2.45) is 0 Å². The quantitative estimate of drug-likeness (QED) is 0.752. The van der Waals surface area contributed by atoms with E-state index in [-0.39, 0.29) is 5.56 Å². The average molecular weight is 198 g/mol. The predicted octanol–water partition coefficient (Wildman–Crippen LogP) is 3.17. The van der Waals surface area contributed by atoms with Crippen LogP contribution in [0.2, 0.25) is 0 Å². The van der Waals surface area contributed by atoms with Crippen molar-refractivity contribution in [2.75, 3.05) is 0 Å². The van der Waals surface area contributed by atoms with Gasteiger partial charge in [-0.25, -0.2) is 9.18 Å². The summed E-state index contributed by atoms with van der Waals surface area (Å²) in [5.41, 5.74) is 1.28. The second-order valence-electron chi connectivity index (χ2n) is 2.72. The number of aryl methyl sites for hydroxylation is 2. The molecule has 0 amide bonds. The van der Waals surface area contributed by atoms with Crippen LogP contribution in [-0.2, 0) is 0 Å². The van der Waals surface area contributed by atoms with E-state index in [4.69, 9.17) is 5.11 Å². The summed E-state index contributed by atoms with van der Waals surface area (Å²) >= 11 is 0. The summed E-state index contributed by atoms with van der Waals surface area (Å²) < 4.78 is 12.9. The number of rotatable bonds is 1. The van der Waals surface area contributed by atoms with E-state index < -0.39 is 11.8 Å². The number of hydrogen-bond acceptors (Lipinski definition) is 1. The van der Waals surface area contributed by atoms with Gasteiger partial charge in [-0.05, 0) is 37.1 Å². The van der Waals surface area contributed by atoms with Crippen LogP contribution in [0.4, 0.5) is 4.39 Å². The molecular formula is C11H15FO2. The summed E-state index contributed by atoms with van der Waals surface area (Å²) in [6, 6.07) is 2.58. The summed E-state index contributed by atoms with van der Waals surface area (Å²) in [5.74, 6) is -1.90. The van der Waals surface area contributed by atoms with Crippen LogP contribution in [-0.4, -0.2) is 11.1 Å². The monoisotopic (exact) mass is 198 g/mol. The van der Waals surface area contributed by atoms with Crippen LogP contribution in [0.3, 0.4) is 0 Å². The van der Waals surface area contributed by atoms with Crippen molar-refractivity contribution in [1.82, 2.24) is 0 Å². The zero-order chi connectivity index (χ0) is 11.3. The van der Waals surface area contributed by atoms with Crippen LogP contribution in [0.1, 0.15) is 35.3 Å². The minimum absolute atomic E-state index is 0.266. The van der Waals surface area contributed by atoms with Gasteiger partial charge in [-0.1, -0.05) is 13.8 Å². The minimum Gasteiger partial charge on any atom is -0.478 e. The Morgan fingerprint density at radius 1 is 1.21 bits per heavy atom. The number of aromatic carboxylic acids is 1. The van der Waals surface area contributed by atoms with E-state index in [9.17, 15) is 9.18 Å². The van der Waals surface area contributed by atoms with Crippen LogP contribution in [0.5, 0.6) is 0 Å². The number of carboxylic acids is 1. The minimum atomic E-state index is -1.23. The SMILES string of the molecule is CC.Cc1cc(F)c(C(=O)O)cc1C. The van der Waals surface area contributed by atoms with Crippen molar-refractivity contribution in [3.63, 3.8) is 0 Å². The highest BCUT2D eigenvalue weighted by Gasteiger charge is 2.10. The molecule has 1 N–H and O–H groups in total. The van der Waals surface area contributed by atoms with Gasteiger partial charge >= 0.3 is 5.97 Å². The molecule has 1 aromatic rings. The lowest BCUT2D eigenvalue weighted by Gasteiger charge is -2.02. The van der Waals surface area contributed by atoms with Gasteiger partial charge in [0.25, 0.3) is 0 Å². The topological polar surface area (TPSA) is 37.3 Å². The van der Waals surface area contributed by atoms with E-state index in [0.29, 0.717) is 0 Å². The summed E-state index contributed by atoms with van der Waals surface area (Å²) in [6.07, 6.45) is 0. The Kier molecular flexibility index (Phi) is 4.84. The average Bonchev–Trinajstić information content (AvgIpc) is 2.14. The highest BCUT2D eigenvalue weighted by atomic mass is 19.1. The number of benzene rings is 1. The fourth-order valence-corrected chi connectivity index (χ4v) is 0.945. The van der Waals surface area contributed by atoms with E-state index in [1.54, 1.807) is 13.8 Å². The third-order valence-electron chi connectivity index (χ3n) is 1.81. The zero-order valence-corrected chi connectivity index (χ0v) is 8.89. The standard InChI is InChI=1S/C9H9FO2.C2H6/c1-5-3-7(9(11)12)8(10)4-6(5)2;1-2/h3-4H,1-2H3,(H,11,12);1-2H3. The largest absolute Gasteiger partial charge is 0.478 e. The molecule has 2 nitrogen and oxygen atoms in total. The van der Waals surface area contributed by atoms with Gasteiger partial charge in [-0.15, -0.1) is 0 Å². The molecule has 0 heterocycles. The molecule has 14 heavy (non-hydrogen) atoms. The first-order valence-electron chi connectivity index (χ1n) is 4.52. The molecule has 0 radical (unpaired) electrons. The molecule has 0 bridgehead atoms. The lowest BCUT2D eigenvalue weighted by molar-refractivity contribution is 0.0692. The molecule has 0 atom stereocenters. The Balaban J connectivity index is 0.000000791. The lowest BCUT2D eigenvalue weighted by Crippen LogP contribution is -2.01. The van der Waals surface area contributed by atoms with Gasteiger partial charge in [-0.2, -0.15) is 0 Å². The summed E-state index contributed by atoms with van der Waals surface area (Å²) in [4.78, 5) is 10.4. The maximum atomic E-state index is 12.9. The van der Waals surface area contributed by atoms with Gasteiger partial charge in [0, 0.05) is 0 Å². The molecule has 0 saturated carbocycles. The second kappa shape index (κ2) is 5.37. The van der Waals surface area contributed by atoms with Crippen LogP contribution in [0.15, 0.2) is 12.1 Å². The molecule has 78 valence electrons. The predicted molar refractivity (Wildman–Crippen MR) is 54.2 cm³/mol. The maximum Gasteiger partial charge on any atom is 0.338 e. The molecule has 0 unspecified atom stereocenters. The first kappa shape index (κ1) is 12.6. The number of carboxylic acid groups (broad SMARTS) is 1. The molecule has 0 saturated heterocycles. The third kappa shape index (κ3) is 2.83. The molecule has 0 aliphatic heterocycles. The van der Waals surface area contributed by atoms with E-state index in [1.165, 1.54) is 12.1 Å². The Labute approximate surface area is 83.4 Å². The molecule has 0 aliphatic carbocycles. The first-order chi connectivity index (χ1) is 6.52. The van der Waals surface area contributed by atoms with Crippen LogP contribution in [0, 0.1) is 19.7 Å². The van der Waals surface area contributed by atoms with Crippen molar-refractivity contribution in [1.29, 1.82) is 0 Å². The van der Waals surface area contributed by atoms with Crippen LogP contribution in [0.25, 0.3) is 0 Å². The summed E-state index contributed by atoms with van der Waals surface area (Å²) in [6.45, 7) is 7.49. The molecule has 0 fully saturated rings. The normalized spacial score (nSPS) is 8.93. The molecule has 0 aliphatic rings. The Bertz CT molecular complexity index is 332. The maximum absolute atomic E-state index is 12.9. The fourth-order valence-electron chi connectivity index (χ4n) is 0.945. The van der Waals surface area contributed by atoms with Gasteiger partial charge in [0.2, 0.25) is 0 Å².